The Kier molecular flexibility index (Phi) is 8.76. The molecule has 0 unspecified atom stereocenters. The van der Waals surface area contributed by atoms with E-state index in [4.69, 9.17) is 17.3 Å². The van der Waals surface area contributed by atoms with Gasteiger partial charge in [-0.3, -0.25) is 0 Å². The van der Waals surface area contributed by atoms with Crippen molar-refractivity contribution in [3.8, 4) is 11.1 Å². The highest BCUT2D eigenvalue weighted by atomic mass is 35.5. The van der Waals surface area contributed by atoms with E-state index in [0.717, 1.165) is 23.8 Å². The maximum Gasteiger partial charge on any atom is 0.342 e. The number of methoxy groups -OCH3 is 1. The molecule has 0 aliphatic rings. The molecule has 0 radical (unpaired) electrons. The molecule has 3 nitrogen and oxygen atoms in total. The Hall–Kier alpha value is -1.62. The molecule has 130 valence electrons. The van der Waals surface area contributed by atoms with Crippen LogP contribution in [-0.4, -0.2) is 31.7 Å². The highest BCUT2D eigenvalue weighted by Crippen LogP contribution is 2.23. The van der Waals surface area contributed by atoms with Crippen molar-refractivity contribution >= 4 is 29.2 Å². The van der Waals surface area contributed by atoms with Gasteiger partial charge in [0.25, 0.3) is 0 Å². The number of carbonyl (C=O) groups is 1. The van der Waals surface area contributed by atoms with E-state index in [1.54, 1.807) is 0 Å². The number of esters is 1. The van der Waals surface area contributed by atoms with Gasteiger partial charge in [0.05, 0.1) is 13.2 Å². The van der Waals surface area contributed by atoms with Gasteiger partial charge in [0.1, 0.15) is 0 Å². The van der Waals surface area contributed by atoms with Gasteiger partial charge in [0.15, 0.2) is 0 Å². The van der Waals surface area contributed by atoms with E-state index < -0.39 is 18.2 Å². The quantitative estimate of drug-likeness (QED) is 0.631. The lowest BCUT2D eigenvalue weighted by atomic mass is 9.99. The van der Waals surface area contributed by atoms with Crippen molar-refractivity contribution in [1.29, 1.82) is 0 Å². The van der Waals surface area contributed by atoms with Crippen LogP contribution in [0.3, 0.4) is 0 Å². The summed E-state index contributed by atoms with van der Waals surface area (Å²) in [6, 6.07) is 14.2. The van der Waals surface area contributed by atoms with E-state index in [1.165, 1.54) is 6.38 Å². The summed E-state index contributed by atoms with van der Waals surface area (Å²) in [5.41, 5.74) is 8.56. The molecule has 0 aromatic heterocycles. The van der Waals surface area contributed by atoms with Crippen LogP contribution in [0.15, 0.2) is 48.5 Å². The minimum atomic E-state index is -1.82. The second-order valence-corrected chi connectivity index (χ2v) is 5.44. The van der Waals surface area contributed by atoms with Crippen molar-refractivity contribution in [2.75, 3.05) is 13.5 Å². The average molecular weight is 372 g/mol. The Labute approximate surface area is 151 Å². The van der Waals surface area contributed by atoms with Gasteiger partial charge in [0.2, 0.25) is 6.17 Å². The van der Waals surface area contributed by atoms with E-state index in [0.29, 0.717) is 5.02 Å². The molecule has 0 amide bonds. The maximum absolute atomic E-state index is 13.7. The fourth-order valence-corrected chi connectivity index (χ4v) is 2.35. The molecule has 0 saturated heterocycles. The van der Waals surface area contributed by atoms with Crippen LogP contribution in [0.25, 0.3) is 11.1 Å². The third-order valence-electron chi connectivity index (χ3n) is 3.39. The summed E-state index contributed by atoms with van der Waals surface area (Å²) in [6.45, 7) is 0. The Morgan fingerprint density at radius 2 is 1.79 bits per heavy atom. The summed E-state index contributed by atoms with van der Waals surface area (Å²) in [5.74, 6) is -0.942. The van der Waals surface area contributed by atoms with Crippen molar-refractivity contribution in [2.45, 2.75) is 18.6 Å². The second kappa shape index (κ2) is 10.3. The van der Waals surface area contributed by atoms with Crippen LogP contribution in [0, 0.1) is 0 Å². The molecule has 2 N–H and O–H groups in total. The van der Waals surface area contributed by atoms with E-state index in [9.17, 15) is 9.18 Å². The lowest BCUT2D eigenvalue weighted by Gasteiger charge is -2.15. The van der Waals surface area contributed by atoms with Crippen LogP contribution >= 0.6 is 23.2 Å². The fraction of sp³-hybridized carbons (Fsp3) is 0.278. The molecule has 2 atom stereocenters. The zero-order valence-corrected chi connectivity index (χ0v) is 15.0. The lowest BCUT2D eigenvalue weighted by molar-refractivity contribution is -0.147. The smallest absolute Gasteiger partial charge is 0.342 e. The molecule has 24 heavy (non-hydrogen) atoms. The molecule has 0 spiro atoms. The van der Waals surface area contributed by atoms with Gasteiger partial charge in [0, 0.05) is 11.4 Å². The third kappa shape index (κ3) is 5.78. The average Bonchev–Trinajstić information content (AvgIpc) is 2.62. The van der Waals surface area contributed by atoms with Gasteiger partial charge in [-0.15, -0.1) is 11.6 Å². The molecule has 2 aromatic carbocycles. The molecule has 0 aliphatic carbocycles. The normalized spacial score (nSPS) is 12.6. The van der Waals surface area contributed by atoms with Crippen molar-refractivity contribution in [2.24, 2.45) is 5.73 Å². The van der Waals surface area contributed by atoms with Gasteiger partial charge in [-0.05, 0) is 35.2 Å². The monoisotopic (exact) mass is 371 g/mol. The number of hydrogen-bond donors (Lipinski definition) is 1. The van der Waals surface area contributed by atoms with Gasteiger partial charge in [-0.1, -0.05) is 48.0 Å². The molecule has 2 rings (SSSR count). The highest BCUT2D eigenvalue weighted by Gasteiger charge is 2.25. The number of halogens is 3. The number of alkyl halides is 2. The third-order valence-corrected chi connectivity index (χ3v) is 3.62. The first-order chi connectivity index (χ1) is 11.5. The van der Waals surface area contributed by atoms with Crippen LogP contribution in [0.4, 0.5) is 4.39 Å². The largest absolute Gasteiger partial charge is 0.467 e. The molecule has 6 heteroatoms. The number of ether oxygens (including phenoxy) is 1. The minimum Gasteiger partial charge on any atom is -0.467 e. The number of carbonyl (C=O) groups excluding carboxylic acids is 1. The SMILES string of the molecule is CCl.COC(=O)[C@@H](F)[C@H](N)Cc1ccc(-c2cccc(Cl)c2)cc1. The standard InChI is InChI=1S/C17H17ClFNO2.CH3Cl/c1-22-17(21)16(19)15(20)9-11-5-7-12(8-6-11)13-3-2-4-14(18)10-13;1-2/h2-8,10,15-16H,9,20H2,1H3;1H3/t15-,16+;/m1./s1. The molecule has 0 fully saturated rings. The Bertz CT molecular complexity index is 650. The summed E-state index contributed by atoms with van der Waals surface area (Å²) in [7, 11) is 1.14. The Morgan fingerprint density at radius 3 is 2.33 bits per heavy atom. The molecule has 0 bridgehead atoms. The molecular weight excluding hydrogens is 352 g/mol. The second-order valence-electron chi connectivity index (χ2n) is 5.00. The first-order valence-electron chi connectivity index (χ1n) is 7.21. The summed E-state index contributed by atoms with van der Waals surface area (Å²) in [4.78, 5) is 11.1. The number of hydrogen-bond acceptors (Lipinski definition) is 3. The lowest BCUT2D eigenvalue weighted by Crippen LogP contribution is -2.39. The molecule has 0 aliphatic heterocycles. The van der Waals surface area contributed by atoms with E-state index >= 15 is 0 Å². The van der Waals surface area contributed by atoms with Gasteiger partial charge in [-0.25, -0.2) is 9.18 Å². The van der Waals surface area contributed by atoms with Crippen LogP contribution in [0.5, 0.6) is 0 Å². The first kappa shape index (κ1) is 20.4. The van der Waals surface area contributed by atoms with Gasteiger partial charge < -0.3 is 10.5 Å². The summed E-state index contributed by atoms with van der Waals surface area (Å²) < 4.78 is 18.0. The van der Waals surface area contributed by atoms with Crippen molar-refractivity contribution < 1.29 is 13.9 Å². The Morgan fingerprint density at radius 1 is 1.17 bits per heavy atom. The van der Waals surface area contributed by atoms with Crippen molar-refractivity contribution in [1.82, 2.24) is 0 Å². The predicted molar refractivity (Wildman–Crippen MR) is 97.3 cm³/mol. The molecular formula is C18H20Cl2FNO2. The van der Waals surface area contributed by atoms with Crippen LogP contribution in [0.1, 0.15) is 5.56 Å². The molecule has 0 saturated carbocycles. The highest BCUT2D eigenvalue weighted by molar-refractivity contribution is 6.30. The van der Waals surface area contributed by atoms with Crippen LogP contribution in [0.2, 0.25) is 5.02 Å². The first-order valence-corrected chi connectivity index (χ1v) is 8.35. The van der Waals surface area contributed by atoms with Gasteiger partial charge >= 0.3 is 5.97 Å². The van der Waals surface area contributed by atoms with Crippen LogP contribution in [-0.2, 0) is 16.0 Å². The van der Waals surface area contributed by atoms with E-state index in [2.05, 4.69) is 16.3 Å². The molecule has 0 heterocycles. The van der Waals surface area contributed by atoms with Crippen molar-refractivity contribution in [3.63, 3.8) is 0 Å². The topological polar surface area (TPSA) is 52.3 Å². The zero-order chi connectivity index (χ0) is 18.1. The van der Waals surface area contributed by atoms with Gasteiger partial charge in [-0.2, -0.15) is 0 Å². The molecule has 2 aromatic rings. The maximum atomic E-state index is 13.7. The minimum absolute atomic E-state index is 0.256. The van der Waals surface area contributed by atoms with E-state index in [1.807, 2.05) is 48.5 Å². The van der Waals surface area contributed by atoms with Crippen molar-refractivity contribution in [3.05, 3.63) is 59.1 Å². The number of rotatable bonds is 5. The summed E-state index contributed by atoms with van der Waals surface area (Å²) in [6.07, 6.45) is -0.0934. The number of nitrogens with two attached hydrogens (primary N) is 1. The van der Waals surface area contributed by atoms with Crippen LogP contribution < -0.4 is 5.73 Å². The van der Waals surface area contributed by atoms with E-state index in [-0.39, 0.29) is 6.42 Å². The number of benzene rings is 2. The fourth-order valence-electron chi connectivity index (χ4n) is 2.16. The zero-order valence-electron chi connectivity index (χ0n) is 13.5. The Balaban J connectivity index is 0.00000139. The summed E-state index contributed by atoms with van der Waals surface area (Å²) >= 11 is 10.6. The summed E-state index contributed by atoms with van der Waals surface area (Å²) in [5, 5.41) is 0.668. The predicted octanol–water partition coefficient (Wildman–Crippen LogP) is 4.24.